The number of nitrogens with one attached hydrogen (secondary N) is 1. The van der Waals surface area contributed by atoms with Crippen LogP contribution in [0.1, 0.15) is 44.0 Å². The van der Waals surface area contributed by atoms with Crippen LogP contribution in [-0.4, -0.2) is 22.1 Å². The Morgan fingerprint density at radius 2 is 2.00 bits per heavy atom. The van der Waals surface area contributed by atoms with E-state index in [1.54, 1.807) is 0 Å². The lowest BCUT2D eigenvalue weighted by atomic mass is 10.1. The van der Waals surface area contributed by atoms with Gasteiger partial charge in [-0.3, -0.25) is 0 Å². The second-order valence-electron chi connectivity index (χ2n) is 5.96. The van der Waals surface area contributed by atoms with Crippen molar-refractivity contribution in [2.75, 3.05) is 6.54 Å². The molecule has 0 saturated heterocycles. The number of aryl methyl sites for hydroxylation is 2. The molecule has 0 fully saturated rings. The zero-order valence-electron chi connectivity index (χ0n) is 15.0. The highest BCUT2D eigenvalue weighted by Crippen LogP contribution is 2.05. The van der Waals surface area contributed by atoms with Crippen LogP contribution in [0.4, 0.5) is 0 Å². The van der Waals surface area contributed by atoms with E-state index in [1.807, 2.05) is 18.5 Å². The van der Waals surface area contributed by atoms with Crippen LogP contribution in [0, 0.1) is 0 Å². The molecule has 2 aromatic rings. The van der Waals surface area contributed by atoms with Crippen LogP contribution in [-0.2, 0) is 19.5 Å². The molecule has 3 N–H and O–H groups in total. The third kappa shape index (κ3) is 8.38. The van der Waals surface area contributed by atoms with Crippen LogP contribution >= 0.6 is 24.0 Å². The molecule has 138 valence electrons. The average molecular weight is 455 g/mol. The molecule has 0 atom stereocenters. The number of halogens is 1. The maximum absolute atomic E-state index is 5.92. The molecule has 0 aliphatic heterocycles. The number of hydrogen-bond donors (Lipinski definition) is 2. The highest BCUT2D eigenvalue weighted by molar-refractivity contribution is 14.0. The minimum atomic E-state index is 0. The summed E-state index contributed by atoms with van der Waals surface area (Å²) in [6.45, 7) is 4.51. The monoisotopic (exact) mass is 455 g/mol. The van der Waals surface area contributed by atoms with Crippen molar-refractivity contribution in [2.24, 2.45) is 10.7 Å². The molecule has 0 radical (unpaired) electrons. The number of nitrogens with zero attached hydrogens (tertiary/aromatic N) is 3. The Labute approximate surface area is 168 Å². The van der Waals surface area contributed by atoms with Crippen LogP contribution in [0.15, 0.2) is 47.7 Å². The van der Waals surface area contributed by atoms with Crippen LogP contribution in [0.25, 0.3) is 0 Å². The summed E-state index contributed by atoms with van der Waals surface area (Å²) in [5.74, 6) is 1.45. The number of unbranched alkanes of at least 4 members (excludes halogenated alkanes) is 3. The van der Waals surface area contributed by atoms with Gasteiger partial charge >= 0.3 is 0 Å². The van der Waals surface area contributed by atoms with Gasteiger partial charge in [0.2, 0.25) is 0 Å². The number of guanidine groups is 1. The quantitative estimate of drug-likeness (QED) is 0.248. The van der Waals surface area contributed by atoms with E-state index in [2.05, 4.69) is 51.0 Å². The topological polar surface area (TPSA) is 68.2 Å². The third-order valence-electron chi connectivity index (χ3n) is 4.01. The number of nitrogens with two attached hydrogens (primary N) is 1. The Hall–Kier alpha value is -1.57. The average Bonchev–Trinajstić information content (AvgIpc) is 3.06. The van der Waals surface area contributed by atoms with Crippen LogP contribution in [0.5, 0.6) is 0 Å². The number of aromatic nitrogens is 2. The molecule has 0 aliphatic rings. The smallest absolute Gasteiger partial charge is 0.189 e. The predicted octanol–water partition coefficient (Wildman–Crippen LogP) is 3.73. The van der Waals surface area contributed by atoms with Gasteiger partial charge in [0, 0.05) is 25.5 Å². The van der Waals surface area contributed by atoms with Crippen molar-refractivity contribution >= 4 is 29.9 Å². The lowest BCUT2D eigenvalue weighted by molar-refractivity contribution is 0.644. The zero-order chi connectivity index (χ0) is 17.0. The number of imidazole rings is 1. The SMILES string of the molecule is CCCCCCNC(N)=NCc1nccn1CCc1ccccc1.I. The normalized spacial score (nSPS) is 11.2. The summed E-state index contributed by atoms with van der Waals surface area (Å²) in [4.78, 5) is 8.79. The molecule has 2 rings (SSSR count). The van der Waals surface area contributed by atoms with Crippen molar-refractivity contribution in [1.82, 2.24) is 14.9 Å². The molecule has 1 heterocycles. The molecule has 0 amide bonds. The largest absolute Gasteiger partial charge is 0.370 e. The third-order valence-corrected chi connectivity index (χ3v) is 4.01. The summed E-state index contributed by atoms with van der Waals surface area (Å²) in [5, 5.41) is 3.17. The second kappa shape index (κ2) is 12.7. The summed E-state index contributed by atoms with van der Waals surface area (Å²) < 4.78 is 2.14. The Bertz CT molecular complexity index is 609. The molecule has 5 nitrogen and oxygen atoms in total. The van der Waals surface area contributed by atoms with E-state index < -0.39 is 0 Å². The molecule has 6 heteroatoms. The lowest BCUT2D eigenvalue weighted by Crippen LogP contribution is -2.32. The van der Waals surface area contributed by atoms with Gasteiger partial charge < -0.3 is 15.6 Å². The highest BCUT2D eigenvalue weighted by atomic mass is 127. The van der Waals surface area contributed by atoms with E-state index in [-0.39, 0.29) is 24.0 Å². The molecular weight excluding hydrogens is 425 g/mol. The Kier molecular flexibility index (Phi) is 10.9. The van der Waals surface area contributed by atoms with E-state index >= 15 is 0 Å². The first-order valence-corrected chi connectivity index (χ1v) is 8.87. The van der Waals surface area contributed by atoms with Crippen molar-refractivity contribution in [3.63, 3.8) is 0 Å². The van der Waals surface area contributed by atoms with E-state index in [9.17, 15) is 0 Å². The molecule has 0 aliphatic carbocycles. The van der Waals surface area contributed by atoms with Gasteiger partial charge in [0.1, 0.15) is 12.4 Å². The number of hydrogen-bond acceptors (Lipinski definition) is 2. The highest BCUT2D eigenvalue weighted by Gasteiger charge is 2.03. The van der Waals surface area contributed by atoms with Gasteiger partial charge in [-0.15, -0.1) is 24.0 Å². The fourth-order valence-electron chi connectivity index (χ4n) is 2.57. The van der Waals surface area contributed by atoms with Gasteiger partial charge in [0.25, 0.3) is 0 Å². The van der Waals surface area contributed by atoms with Gasteiger partial charge in [0.15, 0.2) is 5.96 Å². The van der Waals surface area contributed by atoms with Crippen molar-refractivity contribution in [1.29, 1.82) is 0 Å². The van der Waals surface area contributed by atoms with Crippen molar-refractivity contribution in [3.05, 3.63) is 54.1 Å². The van der Waals surface area contributed by atoms with E-state index in [1.165, 1.54) is 24.8 Å². The van der Waals surface area contributed by atoms with Gasteiger partial charge in [-0.1, -0.05) is 56.5 Å². The summed E-state index contributed by atoms with van der Waals surface area (Å²) in [7, 11) is 0. The molecule has 0 saturated carbocycles. The van der Waals surface area contributed by atoms with Crippen LogP contribution in [0.3, 0.4) is 0 Å². The maximum Gasteiger partial charge on any atom is 0.189 e. The van der Waals surface area contributed by atoms with Gasteiger partial charge in [-0.25, -0.2) is 9.98 Å². The Morgan fingerprint density at radius 1 is 1.20 bits per heavy atom. The predicted molar refractivity (Wildman–Crippen MR) is 115 cm³/mol. The fraction of sp³-hybridized carbons (Fsp3) is 0.474. The second-order valence-corrected chi connectivity index (χ2v) is 5.96. The fourth-order valence-corrected chi connectivity index (χ4v) is 2.57. The van der Waals surface area contributed by atoms with Gasteiger partial charge in [0.05, 0.1) is 0 Å². The van der Waals surface area contributed by atoms with Crippen molar-refractivity contribution in [2.45, 2.75) is 52.1 Å². The first kappa shape index (κ1) is 21.5. The van der Waals surface area contributed by atoms with E-state index in [0.29, 0.717) is 12.5 Å². The minimum Gasteiger partial charge on any atom is -0.370 e. The van der Waals surface area contributed by atoms with Gasteiger partial charge in [-0.05, 0) is 18.4 Å². The zero-order valence-corrected chi connectivity index (χ0v) is 17.4. The van der Waals surface area contributed by atoms with Crippen LogP contribution in [0.2, 0.25) is 0 Å². The van der Waals surface area contributed by atoms with Crippen molar-refractivity contribution < 1.29 is 0 Å². The minimum absolute atomic E-state index is 0. The molecule has 0 unspecified atom stereocenters. The number of rotatable bonds is 10. The first-order valence-electron chi connectivity index (χ1n) is 8.87. The molecule has 0 spiro atoms. The van der Waals surface area contributed by atoms with Crippen LogP contribution < -0.4 is 11.1 Å². The molecule has 1 aromatic carbocycles. The first-order chi connectivity index (χ1) is 11.8. The number of aliphatic imine (C=N–C) groups is 1. The van der Waals surface area contributed by atoms with E-state index in [0.717, 1.165) is 31.8 Å². The van der Waals surface area contributed by atoms with Gasteiger partial charge in [-0.2, -0.15) is 0 Å². The molecule has 0 bridgehead atoms. The molecule has 25 heavy (non-hydrogen) atoms. The summed E-state index contributed by atoms with van der Waals surface area (Å²) in [6, 6.07) is 10.5. The standard InChI is InChI=1S/C19H29N5.HI/c1-2-3-4-8-12-22-19(20)23-16-18-21-13-15-24(18)14-11-17-9-6-5-7-10-17;/h5-7,9-10,13,15H,2-4,8,11-12,14,16H2,1H3,(H3,20,22,23);1H. The number of benzene rings is 1. The Morgan fingerprint density at radius 3 is 2.76 bits per heavy atom. The summed E-state index contributed by atoms with van der Waals surface area (Å²) in [6.07, 6.45) is 9.70. The summed E-state index contributed by atoms with van der Waals surface area (Å²) in [5.41, 5.74) is 7.25. The molecular formula is C19H30IN5. The maximum atomic E-state index is 5.92. The molecule has 1 aromatic heterocycles. The van der Waals surface area contributed by atoms with E-state index in [4.69, 9.17) is 5.73 Å². The van der Waals surface area contributed by atoms with Crippen molar-refractivity contribution in [3.8, 4) is 0 Å². The summed E-state index contributed by atoms with van der Waals surface area (Å²) >= 11 is 0. The Balaban J connectivity index is 0.00000312. The lowest BCUT2D eigenvalue weighted by Gasteiger charge is -2.08.